The molecule has 0 atom stereocenters. The van der Waals surface area contributed by atoms with Gasteiger partial charge in [-0.05, 0) is 67.6 Å². The molecule has 0 spiro atoms. The molecule has 2 aromatic rings. The Kier molecular flexibility index (Phi) is 7.66. The molecule has 0 aliphatic carbocycles. The molecular weight excluding hydrogens is 400 g/mol. The number of hydrogen-bond donors (Lipinski definition) is 1. The third kappa shape index (κ3) is 6.02. The predicted octanol–water partition coefficient (Wildman–Crippen LogP) is 3.40. The van der Waals surface area contributed by atoms with E-state index in [4.69, 9.17) is 4.74 Å². The normalized spacial score (nSPS) is 17.5. The SMILES string of the molecule is COc1ccc(CCN2CCN(CC(=O)Nc3ccc(N4CCCC4)cc3C)CC2)cc1. The lowest BCUT2D eigenvalue weighted by molar-refractivity contribution is -0.117. The highest BCUT2D eigenvalue weighted by Gasteiger charge is 2.19. The van der Waals surface area contributed by atoms with Gasteiger partial charge in [-0.2, -0.15) is 0 Å². The minimum atomic E-state index is 0.0775. The van der Waals surface area contributed by atoms with Crippen LogP contribution in [0.15, 0.2) is 42.5 Å². The molecule has 0 bridgehead atoms. The summed E-state index contributed by atoms with van der Waals surface area (Å²) < 4.78 is 5.23. The summed E-state index contributed by atoms with van der Waals surface area (Å²) in [5.74, 6) is 0.979. The summed E-state index contributed by atoms with van der Waals surface area (Å²) in [5.41, 5.74) is 4.66. The zero-order valence-electron chi connectivity index (χ0n) is 19.5. The number of hydrogen-bond acceptors (Lipinski definition) is 5. The van der Waals surface area contributed by atoms with Crippen molar-refractivity contribution in [3.63, 3.8) is 0 Å². The van der Waals surface area contributed by atoms with Gasteiger partial charge in [0.2, 0.25) is 5.91 Å². The monoisotopic (exact) mass is 436 g/mol. The minimum absolute atomic E-state index is 0.0775. The summed E-state index contributed by atoms with van der Waals surface area (Å²) in [5, 5.41) is 3.12. The van der Waals surface area contributed by atoms with Gasteiger partial charge < -0.3 is 19.9 Å². The van der Waals surface area contributed by atoms with Crippen LogP contribution >= 0.6 is 0 Å². The second kappa shape index (κ2) is 10.8. The van der Waals surface area contributed by atoms with E-state index >= 15 is 0 Å². The Hall–Kier alpha value is -2.57. The van der Waals surface area contributed by atoms with E-state index in [1.807, 2.05) is 12.1 Å². The Morgan fingerprint density at radius 1 is 0.938 bits per heavy atom. The van der Waals surface area contributed by atoms with Gasteiger partial charge in [0.1, 0.15) is 5.75 Å². The number of anilines is 2. The smallest absolute Gasteiger partial charge is 0.238 e. The van der Waals surface area contributed by atoms with E-state index in [0.29, 0.717) is 6.54 Å². The van der Waals surface area contributed by atoms with E-state index in [9.17, 15) is 4.79 Å². The number of amides is 1. The molecule has 2 aliphatic heterocycles. The van der Waals surface area contributed by atoms with Crippen LogP contribution in [-0.2, 0) is 11.2 Å². The molecule has 1 N–H and O–H groups in total. The summed E-state index contributed by atoms with van der Waals surface area (Å²) in [6.07, 6.45) is 3.58. The van der Waals surface area contributed by atoms with Crippen LogP contribution < -0.4 is 15.0 Å². The topological polar surface area (TPSA) is 48.1 Å². The first-order chi connectivity index (χ1) is 15.6. The summed E-state index contributed by atoms with van der Waals surface area (Å²) >= 11 is 0. The highest BCUT2D eigenvalue weighted by molar-refractivity contribution is 5.93. The van der Waals surface area contributed by atoms with Gasteiger partial charge in [0.15, 0.2) is 0 Å². The van der Waals surface area contributed by atoms with Gasteiger partial charge in [-0.25, -0.2) is 0 Å². The maximum atomic E-state index is 12.6. The number of ether oxygens (including phenoxy) is 1. The maximum Gasteiger partial charge on any atom is 0.238 e. The van der Waals surface area contributed by atoms with Crippen LogP contribution in [0.4, 0.5) is 11.4 Å². The molecule has 2 heterocycles. The van der Waals surface area contributed by atoms with Gasteiger partial charge in [-0.1, -0.05) is 12.1 Å². The number of rotatable bonds is 8. The van der Waals surface area contributed by atoms with Crippen LogP contribution in [0.2, 0.25) is 0 Å². The fraction of sp³-hybridized carbons (Fsp3) is 0.500. The molecule has 2 aliphatic rings. The second-order valence-corrected chi connectivity index (χ2v) is 8.96. The molecular formula is C26H36N4O2. The summed E-state index contributed by atoms with van der Waals surface area (Å²) in [6, 6.07) is 14.7. The van der Waals surface area contributed by atoms with Gasteiger partial charge in [-0.15, -0.1) is 0 Å². The van der Waals surface area contributed by atoms with E-state index in [1.54, 1.807) is 7.11 Å². The van der Waals surface area contributed by atoms with E-state index in [2.05, 4.69) is 57.3 Å². The molecule has 2 fully saturated rings. The number of aryl methyl sites for hydroxylation is 1. The quantitative estimate of drug-likeness (QED) is 0.687. The van der Waals surface area contributed by atoms with Gasteiger partial charge in [-0.3, -0.25) is 9.69 Å². The summed E-state index contributed by atoms with van der Waals surface area (Å²) in [6.45, 7) is 9.74. The Labute approximate surface area is 192 Å². The van der Waals surface area contributed by atoms with Crippen molar-refractivity contribution in [1.29, 1.82) is 0 Å². The van der Waals surface area contributed by atoms with Crippen LogP contribution in [0.5, 0.6) is 5.75 Å². The van der Waals surface area contributed by atoms with E-state index < -0.39 is 0 Å². The molecule has 6 nitrogen and oxygen atoms in total. The molecule has 2 aromatic carbocycles. The fourth-order valence-corrected chi connectivity index (χ4v) is 4.60. The van der Waals surface area contributed by atoms with Crippen molar-refractivity contribution >= 4 is 17.3 Å². The van der Waals surface area contributed by atoms with Crippen LogP contribution in [0.1, 0.15) is 24.0 Å². The van der Waals surface area contributed by atoms with E-state index in [0.717, 1.165) is 69.2 Å². The molecule has 172 valence electrons. The largest absolute Gasteiger partial charge is 0.497 e. The number of methoxy groups -OCH3 is 1. The number of carbonyl (C=O) groups excluding carboxylic acids is 1. The molecule has 0 radical (unpaired) electrons. The van der Waals surface area contributed by atoms with Crippen LogP contribution in [0.25, 0.3) is 0 Å². The van der Waals surface area contributed by atoms with Crippen molar-refractivity contribution in [2.75, 3.05) is 69.7 Å². The fourth-order valence-electron chi connectivity index (χ4n) is 4.60. The molecule has 0 unspecified atom stereocenters. The molecule has 0 saturated carbocycles. The minimum Gasteiger partial charge on any atom is -0.497 e. The van der Waals surface area contributed by atoms with Crippen molar-refractivity contribution in [1.82, 2.24) is 9.80 Å². The number of carbonyl (C=O) groups is 1. The van der Waals surface area contributed by atoms with Gasteiger partial charge in [0.25, 0.3) is 0 Å². The van der Waals surface area contributed by atoms with Crippen LogP contribution in [0, 0.1) is 6.92 Å². The first-order valence-electron chi connectivity index (χ1n) is 11.8. The average Bonchev–Trinajstić information content (AvgIpc) is 3.35. The summed E-state index contributed by atoms with van der Waals surface area (Å²) in [7, 11) is 1.70. The molecule has 1 amide bonds. The van der Waals surface area contributed by atoms with Crippen molar-refractivity contribution in [2.24, 2.45) is 0 Å². The van der Waals surface area contributed by atoms with E-state index in [1.165, 1.54) is 24.1 Å². The number of benzene rings is 2. The van der Waals surface area contributed by atoms with Gasteiger partial charge >= 0.3 is 0 Å². The van der Waals surface area contributed by atoms with Crippen molar-refractivity contribution < 1.29 is 9.53 Å². The van der Waals surface area contributed by atoms with Crippen molar-refractivity contribution in [3.05, 3.63) is 53.6 Å². The first kappa shape index (κ1) is 22.6. The lowest BCUT2D eigenvalue weighted by atomic mass is 10.1. The lowest BCUT2D eigenvalue weighted by Crippen LogP contribution is -2.49. The second-order valence-electron chi connectivity index (χ2n) is 8.96. The van der Waals surface area contributed by atoms with Crippen molar-refractivity contribution in [2.45, 2.75) is 26.2 Å². The van der Waals surface area contributed by atoms with Crippen molar-refractivity contribution in [3.8, 4) is 5.75 Å². The third-order valence-electron chi connectivity index (χ3n) is 6.66. The zero-order valence-corrected chi connectivity index (χ0v) is 19.5. The predicted molar refractivity (Wildman–Crippen MR) is 131 cm³/mol. The maximum absolute atomic E-state index is 12.6. The highest BCUT2D eigenvalue weighted by atomic mass is 16.5. The molecule has 6 heteroatoms. The summed E-state index contributed by atoms with van der Waals surface area (Å²) in [4.78, 5) is 19.8. The van der Waals surface area contributed by atoms with Gasteiger partial charge in [0, 0.05) is 57.2 Å². The van der Waals surface area contributed by atoms with Crippen LogP contribution in [-0.4, -0.2) is 75.2 Å². The Bertz CT molecular complexity index is 885. The number of nitrogens with one attached hydrogen (secondary N) is 1. The molecule has 4 rings (SSSR count). The third-order valence-corrected chi connectivity index (χ3v) is 6.66. The standard InChI is InChI=1S/C26H36N4O2/c1-21-19-23(30-12-3-4-13-30)7-10-25(21)27-26(31)20-29-17-15-28(16-18-29)14-11-22-5-8-24(32-2)9-6-22/h5-10,19H,3-4,11-18,20H2,1-2H3,(H,27,31). The average molecular weight is 437 g/mol. The zero-order chi connectivity index (χ0) is 22.3. The molecule has 32 heavy (non-hydrogen) atoms. The Morgan fingerprint density at radius 3 is 2.28 bits per heavy atom. The molecule has 0 aromatic heterocycles. The molecule has 2 saturated heterocycles. The highest BCUT2D eigenvalue weighted by Crippen LogP contribution is 2.25. The number of nitrogens with zero attached hydrogens (tertiary/aromatic N) is 3. The first-order valence-corrected chi connectivity index (χ1v) is 11.8. The Morgan fingerprint density at radius 2 is 1.62 bits per heavy atom. The lowest BCUT2D eigenvalue weighted by Gasteiger charge is -2.34. The number of piperazine rings is 1. The van der Waals surface area contributed by atoms with Crippen LogP contribution in [0.3, 0.4) is 0 Å². The van der Waals surface area contributed by atoms with Gasteiger partial charge in [0.05, 0.1) is 13.7 Å². The van der Waals surface area contributed by atoms with E-state index in [-0.39, 0.29) is 5.91 Å². The Balaban J connectivity index is 1.19.